The molecule has 0 spiro atoms. The predicted molar refractivity (Wildman–Crippen MR) is 61.7 cm³/mol. The van der Waals surface area contributed by atoms with Crippen LogP contribution in [0, 0.1) is 5.82 Å². The standard InChI is InChI=1S/C10H6Cl2FN3/c11-6-1-2-7(13)8(5-6)16-10-9(12)14-3-4-15-10/h1-5H,(H,15,16). The van der Waals surface area contributed by atoms with E-state index in [0.717, 1.165) is 0 Å². The molecule has 82 valence electrons. The fourth-order valence-electron chi connectivity index (χ4n) is 1.13. The van der Waals surface area contributed by atoms with Crippen LogP contribution in [-0.2, 0) is 0 Å². The summed E-state index contributed by atoms with van der Waals surface area (Å²) in [5, 5.41) is 3.30. The van der Waals surface area contributed by atoms with E-state index in [2.05, 4.69) is 15.3 Å². The Labute approximate surface area is 101 Å². The van der Waals surface area contributed by atoms with Gasteiger partial charge >= 0.3 is 0 Å². The van der Waals surface area contributed by atoms with Crippen LogP contribution >= 0.6 is 23.2 Å². The smallest absolute Gasteiger partial charge is 0.171 e. The Morgan fingerprint density at radius 2 is 1.88 bits per heavy atom. The third-order valence-electron chi connectivity index (χ3n) is 1.84. The molecule has 1 aromatic heterocycles. The zero-order chi connectivity index (χ0) is 11.5. The molecule has 0 radical (unpaired) electrons. The lowest BCUT2D eigenvalue weighted by Crippen LogP contribution is -1.97. The van der Waals surface area contributed by atoms with E-state index in [1.54, 1.807) is 0 Å². The van der Waals surface area contributed by atoms with Gasteiger partial charge in [0.25, 0.3) is 0 Å². The monoisotopic (exact) mass is 257 g/mol. The summed E-state index contributed by atoms with van der Waals surface area (Å²) in [6.07, 6.45) is 2.90. The molecule has 0 unspecified atom stereocenters. The largest absolute Gasteiger partial charge is 0.335 e. The third-order valence-corrected chi connectivity index (χ3v) is 2.35. The third kappa shape index (κ3) is 2.40. The molecule has 0 aliphatic heterocycles. The maximum Gasteiger partial charge on any atom is 0.171 e. The lowest BCUT2D eigenvalue weighted by atomic mass is 10.3. The Morgan fingerprint density at radius 1 is 1.12 bits per heavy atom. The van der Waals surface area contributed by atoms with E-state index < -0.39 is 5.82 Å². The number of nitrogens with zero attached hydrogens (tertiary/aromatic N) is 2. The second-order valence-corrected chi connectivity index (χ2v) is 3.74. The van der Waals surface area contributed by atoms with Crippen LogP contribution < -0.4 is 5.32 Å². The molecule has 0 fully saturated rings. The Balaban J connectivity index is 2.34. The van der Waals surface area contributed by atoms with Gasteiger partial charge in [0.15, 0.2) is 11.0 Å². The Morgan fingerprint density at radius 3 is 2.62 bits per heavy atom. The molecule has 0 amide bonds. The van der Waals surface area contributed by atoms with Crippen molar-refractivity contribution in [2.45, 2.75) is 0 Å². The highest BCUT2D eigenvalue weighted by molar-refractivity contribution is 6.32. The van der Waals surface area contributed by atoms with E-state index in [9.17, 15) is 4.39 Å². The summed E-state index contributed by atoms with van der Waals surface area (Å²) in [5.74, 6) is -0.156. The Kier molecular flexibility index (Phi) is 3.22. The van der Waals surface area contributed by atoms with Crippen molar-refractivity contribution in [2.75, 3.05) is 5.32 Å². The molecule has 0 atom stereocenters. The highest BCUT2D eigenvalue weighted by Gasteiger charge is 2.07. The van der Waals surface area contributed by atoms with Crippen LogP contribution in [0.1, 0.15) is 0 Å². The van der Waals surface area contributed by atoms with Gasteiger partial charge in [-0.3, -0.25) is 0 Å². The maximum absolute atomic E-state index is 13.4. The van der Waals surface area contributed by atoms with Gasteiger partial charge in [0.05, 0.1) is 5.69 Å². The fourth-order valence-corrected chi connectivity index (χ4v) is 1.45. The number of hydrogen-bond donors (Lipinski definition) is 1. The first-order chi connectivity index (χ1) is 7.66. The highest BCUT2D eigenvalue weighted by atomic mass is 35.5. The van der Waals surface area contributed by atoms with E-state index in [1.807, 2.05) is 0 Å². The molecule has 2 aromatic rings. The molecule has 1 aromatic carbocycles. The van der Waals surface area contributed by atoms with Gasteiger partial charge in [0, 0.05) is 17.4 Å². The normalized spacial score (nSPS) is 10.2. The van der Waals surface area contributed by atoms with Gasteiger partial charge < -0.3 is 5.32 Å². The minimum absolute atomic E-state index is 0.168. The summed E-state index contributed by atoms with van der Waals surface area (Å²) in [4.78, 5) is 7.74. The maximum atomic E-state index is 13.4. The van der Waals surface area contributed by atoms with Crippen molar-refractivity contribution in [1.29, 1.82) is 0 Å². The Hall–Kier alpha value is -1.39. The van der Waals surface area contributed by atoms with Crippen LogP contribution in [0.4, 0.5) is 15.9 Å². The van der Waals surface area contributed by atoms with Gasteiger partial charge in [-0.15, -0.1) is 0 Å². The number of anilines is 2. The lowest BCUT2D eigenvalue weighted by Gasteiger charge is -2.07. The van der Waals surface area contributed by atoms with E-state index in [1.165, 1.54) is 30.6 Å². The molecule has 0 bridgehead atoms. The van der Waals surface area contributed by atoms with Crippen molar-refractivity contribution in [3.8, 4) is 0 Å². The second-order valence-electron chi connectivity index (χ2n) is 2.94. The van der Waals surface area contributed by atoms with E-state index in [-0.39, 0.29) is 16.7 Å². The van der Waals surface area contributed by atoms with Gasteiger partial charge in [0.1, 0.15) is 5.82 Å². The number of aromatic nitrogens is 2. The first-order valence-electron chi connectivity index (χ1n) is 4.35. The molecule has 2 rings (SSSR count). The van der Waals surface area contributed by atoms with Crippen molar-refractivity contribution in [3.05, 3.63) is 46.6 Å². The average Bonchev–Trinajstić information content (AvgIpc) is 2.27. The summed E-state index contributed by atoms with van der Waals surface area (Å²) in [7, 11) is 0. The van der Waals surface area contributed by atoms with Gasteiger partial charge in [-0.1, -0.05) is 23.2 Å². The lowest BCUT2D eigenvalue weighted by molar-refractivity contribution is 0.632. The van der Waals surface area contributed by atoms with Crippen molar-refractivity contribution in [2.24, 2.45) is 0 Å². The minimum Gasteiger partial charge on any atom is -0.335 e. The van der Waals surface area contributed by atoms with Gasteiger partial charge in [-0.2, -0.15) is 0 Å². The first kappa shape index (κ1) is 11.1. The number of nitrogens with one attached hydrogen (secondary N) is 1. The molecule has 0 saturated heterocycles. The van der Waals surface area contributed by atoms with Crippen LogP contribution in [0.15, 0.2) is 30.6 Å². The van der Waals surface area contributed by atoms with Crippen LogP contribution in [0.25, 0.3) is 0 Å². The van der Waals surface area contributed by atoms with Gasteiger partial charge in [0.2, 0.25) is 0 Å². The van der Waals surface area contributed by atoms with Gasteiger partial charge in [-0.05, 0) is 18.2 Å². The topological polar surface area (TPSA) is 37.8 Å². The molecule has 16 heavy (non-hydrogen) atoms. The summed E-state index contributed by atoms with van der Waals surface area (Å²) < 4.78 is 13.4. The quantitative estimate of drug-likeness (QED) is 0.893. The SMILES string of the molecule is Fc1ccc(Cl)cc1Nc1nccnc1Cl. The summed E-state index contributed by atoms with van der Waals surface area (Å²) in [5.41, 5.74) is 0.204. The van der Waals surface area contributed by atoms with Crippen LogP contribution in [0.2, 0.25) is 10.2 Å². The number of halogens is 3. The molecular weight excluding hydrogens is 252 g/mol. The minimum atomic E-state index is -0.439. The number of benzene rings is 1. The fraction of sp³-hybridized carbons (Fsp3) is 0. The summed E-state index contributed by atoms with van der Waals surface area (Å²) >= 11 is 11.5. The van der Waals surface area contributed by atoms with E-state index in [4.69, 9.17) is 23.2 Å². The molecular formula is C10H6Cl2FN3. The van der Waals surface area contributed by atoms with Crippen LogP contribution in [-0.4, -0.2) is 9.97 Å². The average molecular weight is 258 g/mol. The van der Waals surface area contributed by atoms with Gasteiger partial charge in [-0.25, -0.2) is 14.4 Å². The molecule has 0 aliphatic carbocycles. The molecule has 6 heteroatoms. The zero-order valence-electron chi connectivity index (χ0n) is 7.92. The molecule has 0 saturated carbocycles. The first-order valence-corrected chi connectivity index (χ1v) is 5.11. The molecule has 1 heterocycles. The van der Waals surface area contributed by atoms with Crippen molar-refractivity contribution in [1.82, 2.24) is 9.97 Å². The summed E-state index contributed by atoms with van der Waals surface area (Å²) in [6.45, 7) is 0. The van der Waals surface area contributed by atoms with Crippen LogP contribution in [0.3, 0.4) is 0 Å². The molecule has 3 nitrogen and oxygen atoms in total. The Bertz CT molecular complexity index is 519. The number of rotatable bonds is 2. The number of hydrogen-bond acceptors (Lipinski definition) is 3. The van der Waals surface area contributed by atoms with Crippen molar-refractivity contribution < 1.29 is 4.39 Å². The van der Waals surface area contributed by atoms with Crippen molar-refractivity contribution in [3.63, 3.8) is 0 Å². The zero-order valence-corrected chi connectivity index (χ0v) is 9.43. The summed E-state index contributed by atoms with van der Waals surface area (Å²) in [6, 6.07) is 4.16. The van der Waals surface area contributed by atoms with E-state index >= 15 is 0 Å². The molecule has 0 aliphatic rings. The second kappa shape index (κ2) is 4.63. The molecule has 1 N–H and O–H groups in total. The van der Waals surface area contributed by atoms with Crippen LogP contribution in [0.5, 0.6) is 0 Å². The van der Waals surface area contributed by atoms with E-state index in [0.29, 0.717) is 5.02 Å². The highest BCUT2D eigenvalue weighted by Crippen LogP contribution is 2.25. The van der Waals surface area contributed by atoms with Crippen molar-refractivity contribution >= 4 is 34.7 Å². The predicted octanol–water partition coefficient (Wildman–Crippen LogP) is 3.67.